The SMILES string of the molecule is CC(=O)c1ccc2c(=O)on(C)c2c1. The minimum absolute atomic E-state index is 0.0273. The van der Waals surface area contributed by atoms with Crippen LogP contribution < -0.4 is 5.63 Å². The first kappa shape index (κ1) is 8.74. The van der Waals surface area contributed by atoms with Crippen LogP contribution in [0.5, 0.6) is 0 Å². The summed E-state index contributed by atoms with van der Waals surface area (Å²) < 4.78 is 6.21. The molecule has 14 heavy (non-hydrogen) atoms. The smallest absolute Gasteiger partial charge is 0.336 e. The van der Waals surface area contributed by atoms with Crippen molar-refractivity contribution in [3.63, 3.8) is 0 Å². The average Bonchev–Trinajstić information content (AvgIpc) is 2.42. The first-order chi connectivity index (χ1) is 6.59. The molecule has 0 bridgehead atoms. The lowest BCUT2D eigenvalue weighted by Crippen LogP contribution is -1.94. The van der Waals surface area contributed by atoms with Gasteiger partial charge in [0.05, 0.1) is 10.9 Å². The Morgan fingerprint density at radius 1 is 1.43 bits per heavy atom. The molecule has 0 N–H and O–H groups in total. The zero-order valence-corrected chi connectivity index (χ0v) is 7.90. The minimum Gasteiger partial charge on any atom is -0.336 e. The molecular weight excluding hydrogens is 182 g/mol. The van der Waals surface area contributed by atoms with Crippen LogP contribution in [0.1, 0.15) is 17.3 Å². The highest BCUT2D eigenvalue weighted by atomic mass is 16.5. The molecule has 0 saturated heterocycles. The molecular formula is C10H9NO3. The third kappa shape index (κ3) is 1.16. The van der Waals surface area contributed by atoms with Crippen LogP contribution in [-0.4, -0.2) is 10.5 Å². The predicted octanol–water partition coefficient (Wildman–Crippen LogP) is 1.33. The number of ketones is 1. The van der Waals surface area contributed by atoms with E-state index in [4.69, 9.17) is 4.52 Å². The van der Waals surface area contributed by atoms with Crippen molar-refractivity contribution in [1.29, 1.82) is 0 Å². The second-order valence-corrected chi connectivity index (χ2v) is 3.16. The van der Waals surface area contributed by atoms with Gasteiger partial charge in [-0.2, -0.15) is 0 Å². The maximum absolute atomic E-state index is 11.2. The number of benzene rings is 1. The largest absolute Gasteiger partial charge is 0.365 e. The van der Waals surface area contributed by atoms with Gasteiger partial charge < -0.3 is 4.52 Å². The molecule has 2 rings (SSSR count). The van der Waals surface area contributed by atoms with Crippen LogP contribution in [0.15, 0.2) is 27.5 Å². The summed E-state index contributed by atoms with van der Waals surface area (Å²) in [6.07, 6.45) is 0. The molecule has 0 saturated carbocycles. The molecule has 0 atom stereocenters. The second-order valence-electron chi connectivity index (χ2n) is 3.16. The van der Waals surface area contributed by atoms with E-state index >= 15 is 0 Å². The van der Waals surface area contributed by atoms with Crippen molar-refractivity contribution < 1.29 is 9.32 Å². The predicted molar refractivity (Wildman–Crippen MR) is 51.5 cm³/mol. The standard InChI is InChI=1S/C10H9NO3/c1-6(12)7-3-4-8-9(5-7)11(2)14-10(8)13/h3-5H,1-2H3. The fourth-order valence-corrected chi connectivity index (χ4v) is 1.41. The van der Waals surface area contributed by atoms with Crippen molar-refractivity contribution in [3.8, 4) is 0 Å². The van der Waals surface area contributed by atoms with Crippen molar-refractivity contribution in [2.75, 3.05) is 0 Å². The number of carbonyl (C=O) groups excluding carboxylic acids is 1. The number of hydrogen-bond donors (Lipinski definition) is 0. The van der Waals surface area contributed by atoms with Gasteiger partial charge >= 0.3 is 5.63 Å². The topological polar surface area (TPSA) is 52.2 Å². The summed E-state index contributed by atoms with van der Waals surface area (Å²) >= 11 is 0. The summed E-state index contributed by atoms with van der Waals surface area (Å²) in [4.78, 5) is 22.3. The van der Waals surface area contributed by atoms with Crippen LogP contribution in [0.4, 0.5) is 0 Å². The number of Topliss-reactive ketones (excluding diaryl/α,β-unsaturated/α-hetero) is 1. The van der Waals surface area contributed by atoms with E-state index in [9.17, 15) is 9.59 Å². The Bertz CT molecular complexity index is 562. The molecule has 0 aliphatic heterocycles. The van der Waals surface area contributed by atoms with E-state index in [-0.39, 0.29) is 11.4 Å². The molecule has 4 nitrogen and oxygen atoms in total. The molecule has 72 valence electrons. The molecule has 1 aromatic heterocycles. The first-order valence-electron chi connectivity index (χ1n) is 4.20. The highest BCUT2D eigenvalue weighted by Crippen LogP contribution is 2.13. The number of rotatable bonds is 1. The Morgan fingerprint density at radius 3 is 2.79 bits per heavy atom. The summed E-state index contributed by atoms with van der Waals surface area (Å²) in [5, 5.41) is 0.498. The van der Waals surface area contributed by atoms with E-state index in [0.717, 1.165) is 0 Å². The van der Waals surface area contributed by atoms with Crippen molar-refractivity contribution in [3.05, 3.63) is 34.2 Å². The Labute approximate surface area is 79.7 Å². The molecule has 1 aromatic carbocycles. The highest BCUT2D eigenvalue weighted by Gasteiger charge is 2.08. The second kappa shape index (κ2) is 2.83. The quantitative estimate of drug-likeness (QED) is 0.639. The van der Waals surface area contributed by atoms with Crippen LogP contribution in [-0.2, 0) is 7.05 Å². The summed E-state index contributed by atoms with van der Waals surface area (Å²) in [6.45, 7) is 1.49. The molecule has 0 aliphatic rings. The van der Waals surface area contributed by atoms with Crippen molar-refractivity contribution in [2.45, 2.75) is 6.92 Å². The monoisotopic (exact) mass is 191 g/mol. The van der Waals surface area contributed by atoms with E-state index in [1.165, 1.54) is 11.7 Å². The number of aromatic nitrogens is 1. The van der Waals surface area contributed by atoms with Gasteiger partial charge in [-0.1, -0.05) is 6.07 Å². The fraction of sp³-hybridized carbons (Fsp3) is 0.200. The van der Waals surface area contributed by atoms with Gasteiger partial charge in [0, 0.05) is 12.6 Å². The lowest BCUT2D eigenvalue weighted by Gasteiger charge is -1.95. The Hall–Kier alpha value is -1.84. The fourth-order valence-electron chi connectivity index (χ4n) is 1.41. The Morgan fingerprint density at radius 2 is 2.14 bits per heavy atom. The summed E-state index contributed by atoms with van der Waals surface area (Å²) in [5.41, 5.74) is 0.842. The third-order valence-electron chi connectivity index (χ3n) is 2.18. The zero-order valence-electron chi connectivity index (χ0n) is 7.90. The molecule has 1 heterocycles. The van der Waals surface area contributed by atoms with Crippen LogP contribution in [0.2, 0.25) is 0 Å². The van der Waals surface area contributed by atoms with Crippen LogP contribution in [0.3, 0.4) is 0 Å². The van der Waals surface area contributed by atoms with Gasteiger partial charge in [-0.05, 0) is 19.1 Å². The lowest BCUT2D eigenvalue weighted by atomic mass is 10.1. The molecule has 4 heteroatoms. The number of carbonyl (C=O) groups is 1. The molecule has 2 aromatic rings. The maximum Gasteiger partial charge on any atom is 0.365 e. The van der Waals surface area contributed by atoms with Gasteiger partial charge in [0.15, 0.2) is 5.78 Å². The van der Waals surface area contributed by atoms with Gasteiger partial charge in [-0.25, -0.2) is 9.53 Å². The highest BCUT2D eigenvalue weighted by molar-refractivity contribution is 5.97. The number of nitrogens with zero attached hydrogens (tertiary/aromatic N) is 1. The van der Waals surface area contributed by atoms with E-state index in [1.807, 2.05) is 0 Å². The third-order valence-corrected chi connectivity index (χ3v) is 2.18. The summed E-state index contributed by atoms with van der Waals surface area (Å²) in [6, 6.07) is 4.89. The van der Waals surface area contributed by atoms with Crippen molar-refractivity contribution in [2.24, 2.45) is 7.05 Å². The molecule has 0 fully saturated rings. The van der Waals surface area contributed by atoms with Gasteiger partial charge in [0.25, 0.3) is 0 Å². The van der Waals surface area contributed by atoms with Gasteiger partial charge in [-0.15, -0.1) is 0 Å². The van der Waals surface area contributed by atoms with Crippen molar-refractivity contribution in [1.82, 2.24) is 4.74 Å². The van der Waals surface area contributed by atoms with E-state index in [2.05, 4.69) is 0 Å². The molecule has 0 amide bonds. The molecule has 0 spiro atoms. The molecule has 0 radical (unpaired) electrons. The number of fused-ring (bicyclic) bond motifs is 1. The first-order valence-corrected chi connectivity index (χ1v) is 4.20. The van der Waals surface area contributed by atoms with Gasteiger partial charge in [-0.3, -0.25) is 4.79 Å². The lowest BCUT2D eigenvalue weighted by molar-refractivity contribution is 0.101. The van der Waals surface area contributed by atoms with E-state index < -0.39 is 0 Å². The number of aryl methyl sites for hydroxylation is 1. The van der Waals surface area contributed by atoms with Crippen LogP contribution in [0.25, 0.3) is 10.9 Å². The van der Waals surface area contributed by atoms with E-state index in [0.29, 0.717) is 16.5 Å². The van der Waals surface area contributed by atoms with Crippen LogP contribution >= 0.6 is 0 Å². The Balaban J connectivity index is 2.83. The number of hydrogen-bond acceptors (Lipinski definition) is 3. The van der Waals surface area contributed by atoms with E-state index in [1.54, 1.807) is 25.2 Å². The zero-order chi connectivity index (χ0) is 10.3. The van der Waals surface area contributed by atoms with Crippen LogP contribution in [0, 0.1) is 0 Å². The average molecular weight is 191 g/mol. The Kier molecular flexibility index (Phi) is 1.77. The minimum atomic E-state index is -0.377. The normalized spacial score (nSPS) is 10.7. The summed E-state index contributed by atoms with van der Waals surface area (Å²) in [7, 11) is 1.63. The van der Waals surface area contributed by atoms with Gasteiger partial charge in [0.2, 0.25) is 0 Å². The van der Waals surface area contributed by atoms with Gasteiger partial charge in [0.1, 0.15) is 0 Å². The maximum atomic E-state index is 11.2. The van der Waals surface area contributed by atoms with Crippen molar-refractivity contribution >= 4 is 16.7 Å². The molecule has 0 aliphatic carbocycles. The summed E-state index contributed by atoms with van der Waals surface area (Å²) in [5.74, 6) is -0.0273. The molecule has 0 unspecified atom stereocenters.